The molecule has 0 aliphatic heterocycles. The molecular weight excluding hydrogens is 222 g/mol. The molecule has 3 rings (SSSR count). The molecule has 0 aromatic carbocycles. The van der Waals surface area contributed by atoms with Gasteiger partial charge in [0.25, 0.3) is 5.56 Å². The fourth-order valence-electron chi connectivity index (χ4n) is 2.00. The molecule has 0 amide bonds. The quantitative estimate of drug-likeness (QED) is 0.601. The number of rotatable bonds is 2. The van der Waals surface area contributed by atoms with Gasteiger partial charge in [-0.15, -0.1) is 0 Å². The Balaban J connectivity index is 2.19. The van der Waals surface area contributed by atoms with Crippen molar-refractivity contribution in [1.29, 1.82) is 0 Å². The largest absolute Gasteiger partial charge is 0.396 e. The predicted octanol–water partition coefficient (Wildman–Crippen LogP) is -0.579. The van der Waals surface area contributed by atoms with Crippen LogP contribution in [0.4, 0.5) is 5.95 Å². The Hall–Kier alpha value is -2.15. The van der Waals surface area contributed by atoms with Crippen molar-refractivity contribution < 1.29 is 5.11 Å². The van der Waals surface area contributed by atoms with Crippen molar-refractivity contribution in [2.75, 3.05) is 12.3 Å². The lowest BCUT2D eigenvalue weighted by atomic mass is 9.89. The second-order valence-electron chi connectivity index (χ2n) is 4.00. The summed E-state index contributed by atoms with van der Waals surface area (Å²) in [4.78, 5) is 22.1. The van der Waals surface area contributed by atoms with Gasteiger partial charge in [-0.05, 0) is 0 Å². The molecule has 0 bridgehead atoms. The van der Waals surface area contributed by atoms with Gasteiger partial charge in [0.1, 0.15) is 0 Å². The van der Waals surface area contributed by atoms with E-state index in [0.29, 0.717) is 5.65 Å². The number of nitrogen functional groups attached to an aromatic ring is 1. The molecule has 0 saturated carbocycles. The normalized spacial score (nSPS) is 22.9. The summed E-state index contributed by atoms with van der Waals surface area (Å²) in [6, 6.07) is -0.0151. The first-order chi connectivity index (χ1) is 8.20. The Bertz CT molecular complexity index is 656. The van der Waals surface area contributed by atoms with E-state index in [1.807, 2.05) is 12.2 Å². The Morgan fingerprint density at radius 1 is 1.53 bits per heavy atom. The lowest BCUT2D eigenvalue weighted by molar-refractivity contribution is 0.212. The van der Waals surface area contributed by atoms with Gasteiger partial charge in [0, 0.05) is 5.92 Å². The number of aromatic amines is 1. The summed E-state index contributed by atoms with van der Waals surface area (Å²) in [7, 11) is 0. The lowest BCUT2D eigenvalue weighted by Crippen LogP contribution is -2.25. The maximum atomic E-state index is 11.6. The molecule has 1 aliphatic rings. The standard InChI is InChI=1S/C10H11N5O2/c11-10-13-8-7(9(17)14-10)12-4-15(8)6-2-1-5(6)3-16/h1-2,4-6,16H,3H2,(H3,11,13,14,17)/t5-,6-/m0/s1. The number of H-pyrrole nitrogens is 1. The highest BCUT2D eigenvalue weighted by molar-refractivity contribution is 5.70. The van der Waals surface area contributed by atoms with Crippen LogP contribution in [0.5, 0.6) is 0 Å². The number of nitrogens with one attached hydrogen (secondary N) is 1. The van der Waals surface area contributed by atoms with Crippen molar-refractivity contribution in [3.8, 4) is 0 Å². The van der Waals surface area contributed by atoms with Crippen LogP contribution in [0.1, 0.15) is 6.04 Å². The predicted molar refractivity (Wildman–Crippen MR) is 61.3 cm³/mol. The van der Waals surface area contributed by atoms with Gasteiger partial charge in [-0.1, -0.05) is 12.2 Å². The SMILES string of the molecule is Nc1nc2c(ncn2[C@H]2C=C[C@H]2CO)c(=O)[nH]1. The van der Waals surface area contributed by atoms with E-state index in [1.54, 1.807) is 10.9 Å². The van der Waals surface area contributed by atoms with E-state index in [-0.39, 0.29) is 35.6 Å². The molecule has 2 aromatic heterocycles. The number of aliphatic hydroxyl groups is 1. The number of imidazole rings is 1. The van der Waals surface area contributed by atoms with Crippen molar-refractivity contribution in [2.45, 2.75) is 6.04 Å². The van der Waals surface area contributed by atoms with Crippen LogP contribution in [0.15, 0.2) is 23.3 Å². The van der Waals surface area contributed by atoms with Gasteiger partial charge < -0.3 is 15.4 Å². The molecule has 2 heterocycles. The number of nitrogens with zero attached hydrogens (tertiary/aromatic N) is 3. The van der Waals surface area contributed by atoms with Crippen LogP contribution in [-0.4, -0.2) is 31.2 Å². The van der Waals surface area contributed by atoms with Crippen LogP contribution < -0.4 is 11.3 Å². The van der Waals surface area contributed by atoms with E-state index in [2.05, 4.69) is 15.0 Å². The van der Waals surface area contributed by atoms with Crippen LogP contribution in [0.2, 0.25) is 0 Å². The van der Waals surface area contributed by atoms with Crippen molar-refractivity contribution in [2.24, 2.45) is 5.92 Å². The number of allylic oxidation sites excluding steroid dienone is 1. The molecule has 0 saturated heterocycles. The first kappa shape index (κ1) is 10.0. The van der Waals surface area contributed by atoms with Crippen LogP contribution in [-0.2, 0) is 0 Å². The first-order valence-electron chi connectivity index (χ1n) is 5.22. The summed E-state index contributed by atoms with van der Waals surface area (Å²) in [5.41, 5.74) is 5.86. The van der Waals surface area contributed by atoms with Gasteiger partial charge >= 0.3 is 0 Å². The van der Waals surface area contributed by atoms with E-state index in [9.17, 15) is 4.79 Å². The average molecular weight is 233 g/mol. The van der Waals surface area contributed by atoms with Crippen LogP contribution in [0, 0.1) is 5.92 Å². The van der Waals surface area contributed by atoms with Gasteiger partial charge in [0.2, 0.25) is 5.95 Å². The lowest BCUT2D eigenvalue weighted by Gasteiger charge is -2.28. The fourth-order valence-corrected chi connectivity index (χ4v) is 2.00. The molecule has 88 valence electrons. The Kier molecular flexibility index (Phi) is 2.02. The molecule has 4 N–H and O–H groups in total. The summed E-state index contributed by atoms with van der Waals surface area (Å²) < 4.78 is 1.75. The summed E-state index contributed by atoms with van der Waals surface area (Å²) in [6.07, 6.45) is 5.39. The molecule has 7 nitrogen and oxygen atoms in total. The molecule has 1 aliphatic carbocycles. The Morgan fingerprint density at radius 2 is 2.35 bits per heavy atom. The van der Waals surface area contributed by atoms with Crippen molar-refractivity contribution >= 4 is 17.1 Å². The molecule has 0 fully saturated rings. The number of anilines is 1. The van der Waals surface area contributed by atoms with Crippen LogP contribution in [0.3, 0.4) is 0 Å². The van der Waals surface area contributed by atoms with Crippen LogP contribution in [0.25, 0.3) is 11.2 Å². The van der Waals surface area contributed by atoms with Crippen molar-refractivity contribution in [3.63, 3.8) is 0 Å². The Morgan fingerprint density at radius 3 is 3.00 bits per heavy atom. The highest BCUT2D eigenvalue weighted by Gasteiger charge is 2.27. The third kappa shape index (κ3) is 1.36. The monoisotopic (exact) mass is 233 g/mol. The number of fused-ring (bicyclic) bond motifs is 1. The van der Waals surface area contributed by atoms with Gasteiger partial charge in [-0.2, -0.15) is 4.98 Å². The molecule has 7 heteroatoms. The molecule has 17 heavy (non-hydrogen) atoms. The molecule has 0 unspecified atom stereocenters. The van der Waals surface area contributed by atoms with E-state index in [1.165, 1.54) is 0 Å². The summed E-state index contributed by atoms with van der Waals surface area (Å²) in [5.74, 6) is 0.0998. The zero-order chi connectivity index (χ0) is 12.0. The fraction of sp³-hybridized carbons (Fsp3) is 0.300. The number of nitrogens with two attached hydrogens (primary N) is 1. The van der Waals surface area contributed by atoms with E-state index in [0.717, 1.165) is 0 Å². The summed E-state index contributed by atoms with van der Waals surface area (Å²) in [6.45, 7) is 0.0551. The average Bonchev–Trinajstić information content (AvgIpc) is 2.61. The zero-order valence-electron chi connectivity index (χ0n) is 8.87. The van der Waals surface area contributed by atoms with Crippen molar-refractivity contribution in [1.82, 2.24) is 19.5 Å². The number of aliphatic hydroxyl groups excluding tert-OH is 1. The summed E-state index contributed by atoms with van der Waals surface area (Å²) in [5, 5.41) is 9.14. The molecule has 0 radical (unpaired) electrons. The topological polar surface area (TPSA) is 110 Å². The molecule has 0 spiro atoms. The maximum Gasteiger partial charge on any atom is 0.280 e. The minimum atomic E-state index is -0.352. The second kappa shape index (κ2) is 3.42. The van der Waals surface area contributed by atoms with Gasteiger partial charge in [-0.25, -0.2) is 4.98 Å². The highest BCUT2D eigenvalue weighted by Crippen LogP contribution is 2.31. The maximum absolute atomic E-state index is 11.6. The second-order valence-corrected chi connectivity index (χ2v) is 4.00. The summed E-state index contributed by atoms with van der Waals surface area (Å²) >= 11 is 0. The van der Waals surface area contributed by atoms with Gasteiger partial charge in [-0.3, -0.25) is 9.78 Å². The van der Waals surface area contributed by atoms with E-state index in [4.69, 9.17) is 10.8 Å². The molecular formula is C10H11N5O2. The molecule has 2 aromatic rings. The van der Waals surface area contributed by atoms with Crippen molar-refractivity contribution in [3.05, 3.63) is 28.8 Å². The Labute approximate surface area is 95.6 Å². The number of hydrogen-bond acceptors (Lipinski definition) is 5. The van der Waals surface area contributed by atoms with Gasteiger partial charge in [0.05, 0.1) is 19.0 Å². The smallest absolute Gasteiger partial charge is 0.280 e. The van der Waals surface area contributed by atoms with E-state index >= 15 is 0 Å². The zero-order valence-corrected chi connectivity index (χ0v) is 8.87. The third-order valence-corrected chi connectivity index (χ3v) is 2.98. The van der Waals surface area contributed by atoms with Crippen LogP contribution >= 0.6 is 0 Å². The minimum Gasteiger partial charge on any atom is -0.396 e. The third-order valence-electron chi connectivity index (χ3n) is 2.98. The van der Waals surface area contributed by atoms with E-state index < -0.39 is 0 Å². The molecule has 2 atom stereocenters. The first-order valence-corrected chi connectivity index (χ1v) is 5.22. The number of hydrogen-bond donors (Lipinski definition) is 3. The number of aromatic nitrogens is 4. The minimum absolute atomic E-state index is 0.0151. The highest BCUT2D eigenvalue weighted by atomic mass is 16.3. The van der Waals surface area contributed by atoms with Gasteiger partial charge in [0.15, 0.2) is 11.2 Å².